The molecule has 0 aliphatic heterocycles. The monoisotopic (exact) mass is 380 g/mol. The van der Waals surface area contributed by atoms with Crippen LogP contribution in [0.5, 0.6) is 0 Å². The highest BCUT2D eigenvalue weighted by atomic mass is 79.9. The van der Waals surface area contributed by atoms with Gasteiger partial charge in [-0.25, -0.2) is 4.79 Å². The molecule has 0 aliphatic carbocycles. The van der Waals surface area contributed by atoms with E-state index in [4.69, 9.17) is 9.47 Å². The molecule has 6 nitrogen and oxygen atoms in total. The maximum Gasteiger partial charge on any atom is 0.408 e. The molecule has 0 bridgehead atoms. The topological polar surface area (TPSA) is 76.7 Å². The van der Waals surface area contributed by atoms with Crippen LogP contribution in [0.3, 0.4) is 0 Å². The van der Waals surface area contributed by atoms with Gasteiger partial charge in [-0.05, 0) is 33.6 Å². The van der Waals surface area contributed by atoms with Crippen molar-refractivity contribution >= 4 is 27.9 Å². The third-order valence-corrected chi connectivity index (χ3v) is 3.30. The van der Waals surface area contributed by atoms with Crippen LogP contribution in [0.2, 0.25) is 0 Å². The van der Waals surface area contributed by atoms with E-state index in [-0.39, 0.29) is 5.91 Å². The van der Waals surface area contributed by atoms with Crippen LogP contribution in [0.25, 0.3) is 0 Å². The molecule has 7 heteroatoms. The Morgan fingerprint density at radius 2 is 1.86 bits per heavy atom. The molecule has 0 fully saturated rings. The average Bonchev–Trinajstić information content (AvgIpc) is 2.40. The first kappa shape index (κ1) is 21.2. The molecule has 0 radical (unpaired) electrons. The number of unbranched alkanes of at least 4 members (excludes halogenated alkanes) is 2. The van der Waals surface area contributed by atoms with Crippen molar-refractivity contribution in [1.29, 1.82) is 0 Å². The summed E-state index contributed by atoms with van der Waals surface area (Å²) in [5, 5.41) is 6.34. The van der Waals surface area contributed by atoms with Crippen molar-refractivity contribution in [2.75, 3.05) is 25.6 Å². The molecule has 0 aromatic heterocycles. The summed E-state index contributed by atoms with van der Waals surface area (Å²) in [5.74, 6) is -0.207. The molecule has 0 aromatic carbocycles. The molecular weight excluding hydrogens is 352 g/mol. The van der Waals surface area contributed by atoms with Crippen LogP contribution in [0.4, 0.5) is 4.79 Å². The van der Waals surface area contributed by atoms with Gasteiger partial charge < -0.3 is 20.1 Å². The maximum atomic E-state index is 12.1. The molecule has 0 saturated heterocycles. The van der Waals surface area contributed by atoms with Crippen LogP contribution in [-0.4, -0.2) is 49.2 Å². The number of ether oxygens (including phenoxy) is 2. The summed E-state index contributed by atoms with van der Waals surface area (Å²) >= 11 is 3.38. The quantitative estimate of drug-likeness (QED) is 0.451. The predicted octanol–water partition coefficient (Wildman–Crippen LogP) is 2.60. The highest BCUT2D eigenvalue weighted by molar-refractivity contribution is 9.09. The summed E-state index contributed by atoms with van der Waals surface area (Å²) in [6.07, 6.45) is 2.93. The minimum Gasteiger partial charge on any atom is -0.444 e. The fourth-order valence-electron chi connectivity index (χ4n) is 1.74. The van der Waals surface area contributed by atoms with Gasteiger partial charge in [-0.1, -0.05) is 28.8 Å². The molecule has 22 heavy (non-hydrogen) atoms. The smallest absolute Gasteiger partial charge is 0.408 e. The third kappa shape index (κ3) is 11.8. The molecule has 0 rings (SSSR count). The number of alkyl carbamates (subject to hydrolysis) is 1. The van der Waals surface area contributed by atoms with Crippen molar-refractivity contribution in [3.8, 4) is 0 Å². The van der Waals surface area contributed by atoms with E-state index in [0.717, 1.165) is 24.6 Å². The van der Waals surface area contributed by atoms with Gasteiger partial charge in [0.25, 0.3) is 0 Å². The van der Waals surface area contributed by atoms with Crippen molar-refractivity contribution in [1.82, 2.24) is 10.6 Å². The molecule has 0 saturated carbocycles. The van der Waals surface area contributed by atoms with Gasteiger partial charge in [-0.15, -0.1) is 0 Å². The maximum absolute atomic E-state index is 12.1. The Morgan fingerprint density at radius 1 is 1.18 bits per heavy atom. The number of hydrogen-bond acceptors (Lipinski definition) is 4. The van der Waals surface area contributed by atoms with E-state index < -0.39 is 17.7 Å². The van der Waals surface area contributed by atoms with Gasteiger partial charge in [-0.3, -0.25) is 4.79 Å². The summed E-state index contributed by atoms with van der Waals surface area (Å²) in [7, 11) is 1.57. The van der Waals surface area contributed by atoms with Crippen molar-refractivity contribution in [3.63, 3.8) is 0 Å². The van der Waals surface area contributed by atoms with Crippen LogP contribution in [0, 0.1) is 0 Å². The summed E-state index contributed by atoms with van der Waals surface area (Å²) in [5.41, 5.74) is -0.586. The van der Waals surface area contributed by atoms with Crippen molar-refractivity contribution < 1.29 is 19.1 Å². The van der Waals surface area contributed by atoms with Gasteiger partial charge >= 0.3 is 6.09 Å². The SMILES string of the molecule is COCCNC(=O)[C@H](CCCCCBr)NC(=O)OC(C)(C)C. The molecule has 130 valence electrons. The molecule has 0 unspecified atom stereocenters. The number of halogens is 1. The standard InChI is InChI=1S/C15H29BrN2O4/c1-15(2,3)22-14(20)18-12(8-6-5-7-9-16)13(19)17-10-11-21-4/h12H,5-11H2,1-4H3,(H,17,19)(H,18,20)/t12-/m0/s1. The first-order valence-corrected chi connectivity index (χ1v) is 8.74. The highest BCUT2D eigenvalue weighted by Crippen LogP contribution is 2.09. The summed E-state index contributed by atoms with van der Waals surface area (Å²) in [6.45, 7) is 6.22. The minimum absolute atomic E-state index is 0.207. The predicted molar refractivity (Wildman–Crippen MR) is 90.3 cm³/mol. The zero-order chi connectivity index (χ0) is 17.0. The number of alkyl halides is 1. The van der Waals surface area contributed by atoms with E-state index in [1.165, 1.54) is 0 Å². The largest absolute Gasteiger partial charge is 0.444 e. The Bertz CT molecular complexity index is 332. The number of nitrogens with one attached hydrogen (secondary N) is 2. The van der Waals surface area contributed by atoms with E-state index in [2.05, 4.69) is 26.6 Å². The highest BCUT2D eigenvalue weighted by Gasteiger charge is 2.23. The van der Waals surface area contributed by atoms with Crippen molar-refractivity contribution in [2.24, 2.45) is 0 Å². The van der Waals surface area contributed by atoms with Crippen LogP contribution in [0.1, 0.15) is 46.5 Å². The van der Waals surface area contributed by atoms with E-state index in [9.17, 15) is 9.59 Å². The van der Waals surface area contributed by atoms with Gasteiger partial charge in [0.15, 0.2) is 0 Å². The Hall–Kier alpha value is -0.820. The fraction of sp³-hybridized carbons (Fsp3) is 0.867. The Labute approximate surface area is 141 Å². The second-order valence-electron chi connectivity index (χ2n) is 6.02. The van der Waals surface area contributed by atoms with E-state index in [1.807, 2.05) is 0 Å². The lowest BCUT2D eigenvalue weighted by Crippen LogP contribution is -2.48. The first-order chi connectivity index (χ1) is 10.3. The molecule has 2 amide bonds. The Balaban J connectivity index is 4.43. The van der Waals surface area contributed by atoms with Crippen LogP contribution in [0.15, 0.2) is 0 Å². The van der Waals surface area contributed by atoms with Gasteiger partial charge in [0.05, 0.1) is 6.61 Å². The number of amides is 2. The lowest BCUT2D eigenvalue weighted by Gasteiger charge is -2.23. The molecular formula is C15H29BrN2O4. The van der Waals surface area contributed by atoms with Crippen LogP contribution in [-0.2, 0) is 14.3 Å². The molecule has 1 atom stereocenters. The van der Waals surface area contributed by atoms with E-state index in [0.29, 0.717) is 19.6 Å². The van der Waals surface area contributed by atoms with Gasteiger partial charge in [0.2, 0.25) is 5.91 Å². The normalized spacial score (nSPS) is 12.6. The third-order valence-electron chi connectivity index (χ3n) is 2.74. The lowest BCUT2D eigenvalue weighted by atomic mass is 10.1. The summed E-state index contributed by atoms with van der Waals surface area (Å²) in [4.78, 5) is 24.0. The zero-order valence-electron chi connectivity index (χ0n) is 14.0. The van der Waals surface area contributed by atoms with Gasteiger partial charge in [0.1, 0.15) is 11.6 Å². The number of methoxy groups -OCH3 is 1. The number of hydrogen-bond donors (Lipinski definition) is 2. The molecule has 0 aliphatic rings. The first-order valence-electron chi connectivity index (χ1n) is 7.62. The van der Waals surface area contributed by atoms with E-state index in [1.54, 1.807) is 27.9 Å². The van der Waals surface area contributed by atoms with E-state index >= 15 is 0 Å². The molecule has 0 heterocycles. The average molecular weight is 381 g/mol. The minimum atomic E-state index is -0.586. The number of carbonyl (C=O) groups excluding carboxylic acids is 2. The summed E-state index contributed by atoms with van der Waals surface area (Å²) < 4.78 is 10.1. The molecule has 0 spiro atoms. The molecule has 2 N–H and O–H groups in total. The van der Waals surface area contributed by atoms with Crippen molar-refractivity contribution in [3.05, 3.63) is 0 Å². The Morgan fingerprint density at radius 3 is 2.41 bits per heavy atom. The number of carbonyl (C=O) groups is 2. The summed E-state index contributed by atoms with van der Waals surface area (Å²) in [6, 6.07) is -0.581. The fourth-order valence-corrected chi connectivity index (χ4v) is 2.13. The van der Waals surface area contributed by atoms with Gasteiger partial charge in [0, 0.05) is 19.0 Å². The second kappa shape index (κ2) is 11.7. The lowest BCUT2D eigenvalue weighted by molar-refractivity contribution is -0.123. The van der Waals surface area contributed by atoms with Crippen LogP contribution >= 0.6 is 15.9 Å². The van der Waals surface area contributed by atoms with Crippen molar-refractivity contribution in [2.45, 2.75) is 58.1 Å². The van der Waals surface area contributed by atoms with Gasteiger partial charge in [-0.2, -0.15) is 0 Å². The zero-order valence-corrected chi connectivity index (χ0v) is 15.6. The van der Waals surface area contributed by atoms with Crippen LogP contribution < -0.4 is 10.6 Å². The molecule has 0 aromatic rings. The Kier molecular flexibility index (Phi) is 11.3. The second-order valence-corrected chi connectivity index (χ2v) is 6.81. The number of rotatable bonds is 10.